The van der Waals surface area contributed by atoms with Crippen molar-refractivity contribution in [3.05, 3.63) is 41.5 Å². The first-order valence-corrected chi connectivity index (χ1v) is 7.97. The molecule has 2 aliphatic rings. The fraction of sp³-hybridized carbons (Fsp3) is 0.389. The molecule has 6 heteroatoms. The second kappa shape index (κ2) is 6.11. The molecule has 0 aromatic heterocycles. The average molecular weight is 328 g/mol. The van der Waals surface area contributed by atoms with Crippen molar-refractivity contribution in [3.8, 4) is 0 Å². The number of carboxylic acids is 1. The van der Waals surface area contributed by atoms with Gasteiger partial charge in [0.1, 0.15) is 0 Å². The summed E-state index contributed by atoms with van der Waals surface area (Å²) in [5.74, 6) is -2.81. The number of benzene rings is 1. The summed E-state index contributed by atoms with van der Waals surface area (Å²) in [5, 5.41) is 14.8. The van der Waals surface area contributed by atoms with Gasteiger partial charge in [-0.3, -0.25) is 14.4 Å². The lowest BCUT2D eigenvalue weighted by Crippen LogP contribution is -2.36. The van der Waals surface area contributed by atoms with Crippen molar-refractivity contribution in [2.24, 2.45) is 23.7 Å². The maximum atomic E-state index is 12.7. The highest BCUT2D eigenvalue weighted by atomic mass is 16.4. The topological polar surface area (TPSA) is 95.5 Å². The average Bonchev–Trinajstić information content (AvgIpc) is 3.17. The summed E-state index contributed by atoms with van der Waals surface area (Å²) in [6.07, 6.45) is 4.57. The zero-order chi connectivity index (χ0) is 17.4. The Hall–Kier alpha value is -2.63. The SMILES string of the molecule is CNC(=O)c1ccc(C)c(NC(=O)[C@@H]2[C@@H](C(=O)O)[C@H]3C=C[C@H]2C3)c1. The Labute approximate surface area is 139 Å². The van der Waals surface area contributed by atoms with Crippen molar-refractivity contribution in [2.75, 3.05) is 12.4 Å². The standard InChI is InChI=1S/C18H20N2O4/c1-9-3-4-12(16(21)19-2)8-13(9)20-17(22)14-10-5-6-11(7-10)15(14)18(23)24/h3-6,8,10-11,14-15H,7H2,1-2H3,(H,19,21)(H,20,22)(H,23,24)/t10-,11-,14-,15-/m0/s1. The second-order valence-corrected chi connectivity index (χ2v) is 6.44. The van der Waals surface area contributed by atoms with Crippen LogP contribution in [0.2, 0.25) is 0 Å². The van der Waals surface area contributed by atoms with E-state index in [0.29, 0.717) is 17.7 Å². The van der Waals surface area contributed by atoms with Gasteiger partial charge in [0.15, 0.2) is 0 Å². The maximum absolute atomic E-state index is 12.7. The number of rotatable bonds is 4. The molecule has 126 valence electrons. The van der Waals surface area contributed by atoms with Gasteiger partial charge in [0.05, 0.1) is 11.8 Å². The lowest BCUT2D eigenvalue weighted by atomic mass is 9.82. The van der Waals surface area contributed by atoms with E-state index in [4.69, 9.17) is 0 Å². The molecular weight excluding hydrogens is 308 g/mol. The molecule has 1 saturated carbocycles. The van der Waals surface area contributed by atoms with Gasteiger partial charge < -0.3 is 15.7 Å². The number of hydrogen-bond donors (Lipinski definition) is 3. The molecule has 0 unspecified atom stereocenters. The largest absolute Gasteiger partial charge is 0.481 e. The fourth-order valence-electron chi connectivity index (χ4n) is 3.77. The molecular formula is C18H20N2O4. The second-order valence-electron chi connectivity index (χ2n) is 6.44. The summed E-state index contributed by atoms with van der Waals surface area (Å²) >= 11 is 0. The van der Waals surface area contributed by atoms with E-state index in [2.05, 4.69) is 10.6 Å². The third-order valence-electron chi connectivity index (χ3n) is 5.03. The van der Waals surface area contributed by atoms with Gasteiger partial charge in [-0.25, -0.2) is 0 Å². The number of carboxylic acid groups (broad SMARTS) is 1. The zero-order valence-corrected chi connectivity index (χ0v) is 13.6. The molecule has 0 aliphatic heterocycles. The Kier molecular flexibility index (Phi) is 4.13. The van der Waals surface area contributed by atoms with Gasteiger partial charge in [0.25, 0.3) is 5.91 Å². The molecule has 2 amide bonds. The Morgan fingerprint density at radius 1 is 1.12 bits per heavy atom. The van der Waals surface area contributed by atoms with Crippen LogP contribution < -0.4 is 10.6 Å². The number of allylic oxidation sites excluding steroid dienone is 2. The summed E-state index contributed by atoms with van der Waals surface area (Å²) in [5.41, 5.74) is 1.81. The molecule has 6 nitrogen and oxygen atoms in total. The Morgan fingerprint density at radius 2 is 1.79 bits per heavy atom. The van der Waals surface area contributed by atoms with Gasteiger partial charge in [-0.15, -0.1) is 0 Å². The summed E-state index contributed by atoms with van der Waals surface area (Å²) in [4.78, 5) is 36.0. The summed E-state index contributed by atoms with van der Waals surface area (Å²) in [6, 6.07) is 5.06. The third kappa shape index (κ3) is 2.68. The molecule has 24 heavy (non-hydrogen) atoms. The van der Waals surface area contributed by atoms with Gasteiger partial charge >= 0.3 is 5.97 Å². The maximum Gasteiger partial charge on any atom is 0.307 e. The number of anilines is 1. The van der Waals surface area contributed by atoms with Gasteiger partial charge in [-0.05, 0) is 42.9 Å². The van der Waals surface area contributed by atoms with Crippen LogP contribution in [0.15, 0.2) is 30.4 Å². The lowest BCUT2D eigenvalue weighted by molar-refractivity contribution is -0.146. The van der Waals surface area contributed by atoms with Crippen LogP contribution >= 0.6 is 0 Å². The third-order valence-corrected chi connectivity index (χ3v) is 5.03. The predicted octanol–water partition coefficient (Wildman–Crippen LogP) is 1.82. The zero-order valence-electron chi connectivity index (χ0n) is 13.6. The van der Waals surface area contributed by atoms with E-state index in [1.807, 2.05) is 19.1 Å². The van der Waals surface area contributed by atoms with Crippen molar-refractivity contribution in [1.82, 2.24) is 5.32 Å². The van der Waals surface area contributed by atoms with Gasteiger partial charge in [0.2, 0.25) is 5.91 Å². The molecule has 0 radical (unpaired) electrons. The van der Waals surface area contributed by atoms with E-state index < -0.39 is 17.8 Å². The van der Waals surface area contributed by atoms with Crippen LogP contribution in [0.5, 0.6) is 0 Å². The van der Waals surface area contributed by atoms with E-state index in [1.165, 1.54) is 0 Å². The smallest absolute Gasteiger partial charge is 0.307 e. The monoisotopic (exact) mass is 328 g/mol. The summed E-state index contributed by atoms with van der Waals surface area (Å²) in [6.45, 7) is 1.83. The quantitative estimate of drug-likeness (QED) is 0.735. The number of carbonyl (C=O) groups excluding carboxylic acids is 2. The molecule has 3 N–H and O–H groups in total. The normalized spacial score (nSPS) is 27.1. The Balaban J connectivity index is 1.83. The van der Waals surface area contributed by atoms with Crippen LogP contribution in [0, 0.1) is 30.6 Å². The molecule has 0 spiro atoms. The van der Waals surface area contributed by atoms with Crippen LogP contribution in [-0.4, -0.2) is 29.9 Å². The number of fused-ring (bicyclic) bond motifs is 2. The minimum Gasteiger partial charge on any atom is -0.481 e. The van der Waals surface area contributed by atoms with Gasteiger partial charge in [-0.2, -0.15) is 0 Å². The minimum absolute atomic E-state index is 0.0291. The number of hydrogen-bond acceptors (Lipinski definition) is 3. The van der Waals surface area contributed by atoms with Crippen molar-refractivity contribution >= 4 is 23.5 Å². The van der Waals surface area contributed by atoms with Gasteiger partial charge in [0, 0.05) is 18.3 Å². The van der Waals surface area contributed by atoms with Crippen molar-refractivity contribution in [3.63, 3.8) is 0 Å². The Morgan fingerprint density at radius 3 is 2.42 bits per heavy atom. The van der Waals surface area contributed by atoms with E-state index in [9.17, 15) is 19.5 Å². The molecule has 1 aromatic carbocycles. The van der Waals surface area contributed by atoms with Crippen LogP contribution in [0.4, 0.5) is 5.69 Å². The summed E-state index contributed by atoms with van der Waals surface area (Å²) < 4.78 is 0. The number of amides is 2. The van der Waals surface area contributed by atoms with E-state index in [0.717, 1.165) is 5.56 Å². The van der Waals surface area contributed by atoms with E-state index >= 15 is 0 Å². The first kappa shape index (κ1) is 16.2. The summed E-state index contributed by atoms with van der Waals surface area (Å²) in [7, 11) is 1.54. The predicted molar refractivity (Wildman–Crippen MR) is 88.6 cm³/mol. The molecule has 0 saturated heterocycles. The highest BCUT2D eigenvalue weighted by Gasteiger charge is 2.51. The molecule has 2 bridgehead atoms. The molecule has 4 atom stereocenters. The first-order valence-electron chi connectivity index (χ1n) is 7.97. The molecule has 1 fully saturated rings. The number of carbonyl (C=O) groups is 3. The molecule has 1 aromatic rings. The highest BCUT2D eigenvalue weighted by molar-refractivity contribution is 5.99. The highest BCUT2D eigenvalue weighted by Crippen LogP contribution is 2.48. The Bertz CT molecular complexity index is 741. The minimum atomic E-state index is -0.928. The number of aliphatic carboxylic acids is 1. The lowest BCUT2D eigenvalue weighted by Gasteiger charge is -2.24. The van der Waals surface area contributed by atoms with Crippen LogP contribution in [0.1, 0.15) is 22.3 Å². The van der Waals surface area contributed by atoms with Crippen LogP contribution in [-0.2, 0) is 9.59 Å². The molecule has 2 aliphatic carbocycles. The fourth-order valence-corrected chi connectivity index (χ4v) is 3.77. The number of nitrogens with one attached hydrogen (secondary N) is 2. The van der Waals surface area contributed by atoms with Crippen LogP contribution in [0.3, 0.4) is 0 Å². The van der Waals surface area contributed by atoms with Crippen molar-refractivity contribution < 1.29 is 19.5 Å². The molecule has 3 rings (SSSR count). The van der Waals surface area contributed by atoms with Crippen LogP contribution in [0.25, 0.3) is 0 Å². The number of aryl methyl sites for hydroxylation is 1. The first-order chi connectivity index (χ1) is 11.4. The van der Waals surface area contributed by atoms with E-state index in [1.54, 1.807) is 25.2 Å². The van der Waals surface area contributed by atoms with Crippen molar-refractivity contribution in [1.29, 1.82) is 0 Å². The van der Waals surface area contributed by atoms with Gasteiger partial charge in [-0.1, -0.05) is 18.2 Å². The van der Waals surface area contributed by atoms with E-state index in [-0.39, 0.29) is 23.7 Å². The van der Waals surface area contributed by atoms with Crippen molar-refractivity contribution in [2.45, 2.75) is 13.3 Å². The molecule has 0 heterocycles.